The van der Waals surface area contributed by atoms with Crippen molar-refractivity contribution in [3.63, 3.8) is 0 Å². The molecule has 0 aromatic carbocycles. The summed E-state index contributed by atoms with van der Waals surface area (Å²) in [6.45, 7) is 6.16. The lowest BCUT2D eigenvalue weighted by Crippen LogP contribution is -2.50. The van der Waals surface area contributed by atoms with Crippen molar-refractivity contribution in [3.05, 3.63) is 11.6 Å². The number of allylic oxidation sites excluding steroid dienone is 1. The topological polar surface area (TPSA) is 43.4 Å². The Hall–Kier alpha value is -0.640. The van der Waals surface area contributed by atoms with Gasteiger partial charge in [-0.05, 0) is 61.7 Å². The molecule has 0 unspecified atom stereocenters. The van der Waals surface area contributed by atoms with E-state index in [1.807, 2.05) is 0 Å². The van der Waals surface area contributed by atoms with Gasteiger partial charge >= 0.3 is 5.97 Å². The van der Waals surface area contributed by atoms with Gasteiger partial charge in [-0.3, -0.25) is 9.59 Å². The molecule has 3 fully saturated rings. The standard InChI is InChI=1S/C21H29BrO3/c1-12(23)25-14-6-8-20(2)13(10-14)4-5-15-16(20)7-9-21(3)17(15)11-18(22)19(21)24/h4,14-18H,5-11H2,1-3H3/t14-,15+,16+,17+,18-,20-,21+/m0/s1. The summed E-state index contributed by atoms with van der Waals surface area (Å²) >= 11 is 3.65. The molecule has 0 amide bonds. The Morgan fingerprint density at radius 3 is 2.64 bits per heavy atom. The number of hydrogen-bond acceptors (Lipinski definition) is 3. The third kappa shape index (κ3) is 2.57. The molecular weight excluding hydrogens is 380 g/mol. The Labute approximate surface area is 159 Å². The van der Waals surface area contributed by atoms with Crippen molar-refractivity contribution < 1.29 is 14.3 Å². The van der Waals surface area contributed by atoms with Crippen molar-refractivity contribution >= 4 is 27.7 Å². The minimum Gasteiger partial charge on any atom is -0.462 e. The highest BCUT2D eigenvalue weighted by molar-refractivity contribution is 9.10. The second-order valence-corrected chi connectivity index (χ2v) is 10.4. The highest BCUT2D eigenvalue weighted by atomic mass is 79.9. The molecule has 4 aliphatic rings. The zero-order valence-electron chi connectivity index (χ0n) is 15.5. The number of hydrogen-bond donors (Lipinski definition) is 0. The Kier molecular flexibility index (Phi) is 4.22. The molecule has 0 aliphatic heterocycles. The summed E-state index contributed by atoms with van der Waals surface area (Å²) in [5.74, 6) is 2.10. The molecular formula is C21H29BrO3. The van der Waals surface area contributed by atoms with E-state index in [-0.39, 0.29) is 27.7 Å². The second-order valence-electron chi connectivity index (χ2n) is 9.26. The normalized spacial score (nSPS) is 48.9. The zero-order valence-corrected chi connectivity index (χ0v) is 17.1. The van der Waals surface area contributed by atoms with Gasteiger partial charge in [-0.15, -0.1) is 0 Å². The van der Waals surface area contributed by atoms with Crippen molar-refractivity contribution in [2.24, 2.45) is 28.6 Å². The quantitative estimate of drug-likeness (QED) is 0.354. The number of rotatable bonds is 1. The summed E-state index contributed by atoms with van der Waals surface area (Å²) in [5, 5.41) is 0. The number of carbonyl (C=O) groups is 2. The molecule has 4 rings (SSSR count). The monoisotopic (exact) mass is 408 g/mol. The third-order valence-electron chi connectivity index (χ3n) is 8.09. The average Bonchev–Trinajstić information content (AvgIpc) is 2.78. The van der Waals surface area contributed by atoms with Gasteiger partial charge in [0.1, 0.15) is 6.10 Å². The summed E-state index contributed by atoms with van der Waals surface area (Å²) < 4.78 is 5.50. The first-order valence-corrected chi connectivity index (χ1v) is 10.7. The minimum atomic E-state index is -0.163. The molecule has 0 saturated heterocycles. The van der Waals surface area contributed by atoms with E-state index in [1.54, 1.807) is 0 Å². The van der Waals surface area contributed by atoms with Crippen LogP contribution in [0.2, 0.25) is 0 Å². The molecule has 0 bridgehead atoms. The lowest BCUT2D eigenvalue weighted by molar-refractivity contribution is -0.148. The molecule has 3 saturated carbocycles. The molecule has 3 nitrogen and oxygen atoms in total. The number of esters is 1. The molecule has 0 aromatic heterocycles. The summed E-state index contributed by atoms with van der Waals surface area (Å²) in [6.07, 6.45) is 9.77. The van der Waals surface area contributed by atoms with Crippen molar-refractivity contribution in [3.8, 4) is 0 Å². The SMILES string of the molecule is CC(=O)O[C@H]1CC[C@@]2(C)C(=CC[C@H]3[C@H]4C[C@H](Br)C(=O)[C@]4(C)CC[C@H]32)C1. The molecule has 0 N–H and O–H groups in total. The average molecular weight is 409 g/mol. The van der Waals surface area contributed by atoms with Gasteiger partial charge in [-0.25, -0.2) is 0 Å². The van der Waals surface area contributed by atoms with Crippen molar-refractivity contribution in [2.75, 3.05) is 0 Å². The lowest BCUT2D eigenvalue weighted by atomic mass is 9.48. The summed E-state index contributed by atoms with van der Waals surface area (Å²) in [5.41, 5.74) is 1.62. The van der Waals surface area contributed by atoms with E-state index in [0.29, 0.717) is 23.5 Å². The number of halogens is 1. The van der Waals surface area contributed by atoms with Crippen LogP contribution in [0.4, 0.5) is 0 Å². The first-order valence-electron chi connectivity index (χ1n) is 9.81. The fraction of sp³-hybridized carbons (Fsp3) is 0.810. The first kappa shape index (κ1) is 17.8. The number of Topliss-reactive ketones (excluding diaryl/α,β-unsaturated/α-hetero) is 1. The van der Waals surface area contributed by atoms with E-state index in [1.165, 1.54) is 12.5 Å². The summed E-state index contributed by atoms with van der Waals surface area (Å²) in [4.78, 5) is 24.1. The highest BCUT2D eigenvalue weighted by Gasteiger charge is 2.60. The van der Waals surface area contributed by atoms with Gasteiger partial charge in [-0.1, -0.05) is 41.4 Å². The predicted octanol–water partition coefficient (Wildman–Crippen LogP) is 4.82. The molecule has 4 aliphatic carbocycles. The molecule has 25 heavy (non-hydrogen) atoms. The maximum absolute atomic E-state index is 12.7. The van der Waals surface area contributed by atoms with Crippen LogP contribution in [-0.4, -0.2) is 22.7 Å². The van der Waals surface area contributed by atoms with Gasteiger partial charge in [0, 0.05) is 18.8 Å². The minimum absolute atomic E-state index is 0.0548. The molecule has 138 valence electrons. The van der Waals surface area contributed by atoms with E-state index in [4.69, 9.17) is 4.74 Å². The van der Waals surface area contributed by atoms with Gasteiger partial charge in [0.25, 0.3) is 0 Å². The van der Waals surface area contributed by atoms with Crippen LogP contribution >= 0.6 is 15.9 Å². The van der Waals surface area contributed by atoms with Gasteiger partial charge in [0.15, 0.2) is 5.78 Å². The molecule has 0 heterocycles. The van der Waals surface area contributed by atoms with Gasteiger partial charge in [-0.2, -0.15) is 0 Å². The zero-order chi connectivity index (χ0) is 18.0. The van der Waals surface area contributed by atoms with E-state index in [2.05, 4.69) is 35.9 Å². The number of alkyl halides is 1. The van der Waals surface area contributed by atoms with E-state index < -0.39 is 0 Å². The second kappa shape index (κ2) is 5.94. The number of ketones is 1. The first-order chi connectivity index (χ1) is 11.8. The van der Waals surface area contributed by atoms with Gasteiger partial charge in [0.05, 0.1) is 4.83 Å². The molecule has 0 aromatic rings. The Balaban J connectivity index is 1.61. The molecule has 0 radical (unpaired) electrons. The summed E-state index contributed by atoms with van der Waals surface area (Å²) in [7, 11) is 0. The van der Waals surface area contributed by atoms with Crippen molar-refractivity contribution in [1.29, 1.82) is 0 Å². The van der Waals surface area contributed by atoms with Crippen LogP contribution in [0.3, 0.4) is 0 Å². The van der Waals surface area contributed by atoms with Crippen LogP contribution < -0.4 is 0 Å². The van der Waals surface area contributed by atoms with Crippen LogP contribution in [0.15, 0.2) is 11.6 Å². The maximum Gasteiger partial charge on any atom is 0.302 e. The van der Waals surface area contributed by atoms with Crippen molar-refractivity contribution in [1.82, 2.24) is 0 Å². The molecule has 4 heteroatoms. The smallest absolute Gasteiger partial charge is 0.302 e. The molecule has 7 atom stereocenters. The summed E-state index contributed by atoms with van der Waals surface area (Å²) in [6, 6.07) is 0. The van der Waals surface area contributed by atoms with Crippen LogP contribution in [-0.2, 0) is 14.3 Å². The largest absolute Gasteiger partial charge is 0.462 e. The van der Waals surface area contributed by atoms with Gasteiger partial charge in [0.2, 0.25) is 0 Å². The highest BCUT2D eigenvalue weighted by Crippen LogP contribution is 2.64. The Morgan fingerprint density at radius 1 is 1.20 bits per heavy atom. The fourth-order valence-electron chi connectivity index (χ4n) is 6.71. The lowest BCUT2D eigenvalue weighted by Gasteiger charge is -2.56. The van der Waals surface area contributed by atoms with E-state index >= 15 is 0 Å². The maximum atomic E-state index is 12.7. The van der Waals surface area contributed by atoms with Gasteiger partial charge < -0.3 is 4.74 Å². The Morgan fingerprint density at radius 2 is 1.92 bits per heavy atom. The Bertz CT molecular complexity index is 641. The number of carbonyl (C=O) groups excluding carboxylic acids is 2. The third-order valence-corrected chi connectivity index (χ3v) is 8.88. The predicted molar refractivity (Wildman–Crippen MR) is 100 cm³/mol. The molecule has 0 spiro atoms. The van der Waals surface area contributed by atoms with E-state index in [9.17, 15) is 9.59 Å². The van der Waals surface area contributed by atoms with E-state index in [0.717, 1.165) is 44.9 Å². The van der Waals surface area contributed by atoms with Crippen LogP contribution in [0.25, 0.3) is 0 Å². The fourth-order valence-corrected chi connectivity index (χ4v) is 7.64. The number of ether oxygens (including phenoxy) is 1. The van der Waals surface area contributed by atoms with Crippen LogP contribution in [0, 0.1) is 28.6 Å². The van der Waals surface area contributed by atoms with Crippen LogP contribution in [0.1, 0.15) is 65.7 Å². The number of fused-ring (bicyclic) bond motifs is 5. The van der Waals surface area contributed by atoms with Crippen molar-refractivity contribution in [2.45, 2.75) is 76.6 Å². The van der Waals surface area contributed by atoms with Crippen LogP contribution in [0.5, 0.6) is 0 Å².